The maximum atomic E-state index is 10.5. The van der Waals surface area contributed by atoms with Crippen LogP contribution in [0.3, 0.4) is 0 Å². The van der Waals surface area contributed by atoms with Gasteiger partial charge in [0, 0.05) is 38.1 Å². The molecule has 176 valence electrons. The number of nitrogens with zero attached hydrogens (tertiary/aromatic N) is 2. The van der Waals surface area contributed by atoms with Crippen LogP contribution >= 0.6 is 0 Å². The Hall–Kier alpha value is -2.66. The van der Waals surface area contributed by atoms with Crippen molar-refractivity contribution in [3.63, 3.8) is 0 Å². The van der Waals surface area contributed by atoms with Gasteiger partial charge >= 0.3 is 0 Å². The fourth-order valence-electron chi connectivity index (χ4n) is 3.91. The van der Waals surface area contributed by atoms with Gasteiger partial charge in [0.05, 0.1) is 19.3 Å². The number of aliphatic hydroxyl groups is 1. The van der Waals surface area contributed by atoms with Crippen LogP contribution in [0, 0.1) is 0 Å². The van der Waals surface area contributed by atoms with Crippen molar-refractivity contribution in [1.82, 2.24) is 9.47 Å². The van der Waals surface area contributed by atoms with Gasteiger partial charge in [-0.25, -0.2) is 0 Å². The van der Waals surface area contributed by atoms with Crippen LogP contribution in [0.15, 0.2) is 85.6 Å². The summed E-state index contributed by atoms with van der Waals surface area (Å²) in [6, 6.07) is 23.2. The number of aromatic nitrogens is 1. The van der Waals surface area contributed by atoms with E-state index in [-0.39, 0.29) is 5.41 Å². The summed E-state index contributed by atoms with van der Waals surface area (Å²) in [7, 11) is 0. The Labute approximate surface area is 199 Å². The lowest BCUT2D eigenvalue weighted by molar-refractivity contribution is 0.0101. The molecule has 0 saturated carbocycles. The Morgan fingerprint density at radius 1 is 1.00 bits per heavy atom. The lowest BCUT2D eigenvalue weighted by atomic mass is 9.87. The molecule has 4 nitrogen and oxygen atoms in total. The third-order valence-corrected chi connectivity index (χ3v) is 5.76. The van der Waals surface area contributed by atoms with Crippen LogP contribution in [-0.2, 0) is 29.8 Å². The Balaban J connectivity index is 1.55. The summed E-state index contributed by atoms with van der Waals surface area (Å²) in [6.07, 6.45) is 3.45. The molecule has 0 bridgehead atoms. The molecule has 0 amide bonds. The van der Waals surface area contributed by atoms with Crippen molar-refractivity contribution in [3.8, 4) is 0 Å². The maximum absolute atomic E-state index is 10.5. The van der Waals surface area contributed by atoms with E-state index in [2.05, 4.69) is 79.4 Å². The van der Waals surface area contributed by atoms with Crippen LogP contribution in [0.1, 0.15) is 43.2 Å². The van der Waals surface area contributed by atoms with E-state index in [1.165, 1.54) is 16.8 Å². The monoisotopic (exact) mass is 446 g/mol. The summed E-state index contributed by atoms with van der Waals surface area (Å²) in [5.74, 6) is 0. The van der Waals surface area contributed by atoms with Gasteiger partial charge in [0.2, 0.25) is 0 Å². The lowest BCUT2D eigenvalue weighted by Gasteiger charge is -2.24. The van der Waals surface area contributed by atoms with E-state index in [1.807, 2.05) is 36.4 Å². The number of rotatable bonds is 12. The molecule has 1 N–H and O–H groups in total. The van der Waals surface area contributed by atoms with Gasteiger partial charge in [0.25, 0.3) is 0 Å². The molecule has 0 aliphatic rings. The summed E-state index contributed by atoms with van der Waals surface area (Å²) in [5, 5.41) is 10.5. The first-order valence-corrected chi connectivity index (χ1v) is 11.7. The highest BCUT2D eigenvalue weighted by molar-refractivity contribution is 5.28. The third-order valence-electron chi connectivity index (χ3n) is 5.76. The molecule has 1 heterocycles. The van der Waals surface area contributed by atoms with Crippen molar-refractivity contribution < 1.29 is 9.84 Å². The molecule has 2 aromatic carbocycles. The Morgan fingerprint density at radius 2 is 1.73 bits per heavy atom. The van der Waals surface area contributed by atoms with Crippen LogP contribution in [0.4, 0.5) is 0 Å². The van der Waals surface area contributed by atoms with E-state index in [0.717, 1.165) is 18.7 Å². The maximum Gasteiger partial charge on any atom is 0.0900 e. The summed E-state index contributed by atoms with van der Waals surface area (Å²) in [4.78, 5) is 2.21. The predicted octanol–water partition coefficient (Wildman–Crippen LogP) is 5.40. The van der Waals surface area contributed by atoms with Crippen molar-refractivity contribution in [1.29, 1.82) is 0 Å². The zero-order chi connectivity index (χ0) is 23.7. The molecule has 0 radical (unpaired) electrons. The van der Waals surface area contributed by atoms with Crippen molar-refractivity contribution in [2.45, 2.75) is 52.0 Å². The number of hydrogen-bond acceptors (Lipinski definition) is 3. The minimum absolute atomic E-state index is 0.161. The minimum Gasteiger partial charge on any atom is -0.389 e. The molecule has 0 aliphatic heterocycles. The summed E-state index contributed by atoms with van der Waals surface area (Å²) in [5.41, 5.74) is 5.12. The predicted molar refractivity (Wildman–Crippen MR) is 136 cm³/mol. The Kier molecular flexibility index (Phi) is 9.07. The quantitative estimate of drug-likeness (QED) is 0.379. The fourth-order valence-corrected chi connectivity index (χ4v) is 3.91. The number of aliphatic hydroxyl groups excluding tert-OH is 1. The Morgan fingerprint density at radius 3 is 2.39 bits per heavy atom. The average Bonchev–Trinajstić information content (AvgIpc) is 3.21. The van der Waals surface area contributed by atoms with E-state index < -0.39 is 6.10 Å². The molecule has 0 saturated heterocycles. The molecular weight excluding hydrogens is 408 g/mol. The van der Waals surface area contributed by atoms with Gasteiger partial charge in [0.1, 0.15) is 0 Å². The molecule has 33 heavy (non-hydrogen) atoms. The highest BCUT2D eigenvalue weighted by atomic mass is 16.5. The number of hydrogen-bond donors (Lipinski definition) is 1. The zero-order valence-corrected chi connectivity index (χ0v) is 20.3. The second-order valence-electron chi connectivity index (χ2n) is 9.71. The van der Waals surface area contributed by atoms with Crippen LogP contribution in [-0.4, -0.2) is 40.4 Å². The minimum atomic E-state index is -0.554. The molecule has 3 aromatic rings. The smallest absolute Gasteiger partial charge is 0.0900 e. The van der Waals surface area contributed by atoms with Gasteiger partial charge in [-0.05, 0) is 34.2 Å². The number of ether oxygens (including phenoxy) is 1. The molecule has 1 atom stereocenters. The molecule has 4 heteroatoms. The van der Waals surface area contributed by atoms with E-state index in [4.69, 9.17) is 4.74 Å². The zero-order valence-electron chi connectivity index (χ0n) is 20.3. The van der Waals surface area contributed by atoms with Crippen molar-refractivity contribution in [2.75, 3.05) is 19.7 Å². The molecule has 0 aliphatic carbocycles. The van der Waals surface area contributed by atoms with Gasteiger partial charge in [-0.1, -0.05) is 81.4 Å². The van der Waals surface area contributed by atoms with Crippen LogP contribution in [0.2, 0.25) is 0 Å². The van der Waals surface area contributed by atoms with Gasteiger partial charge in [0.15, 0.2) is 0 Å². The summed E-state index contributed by atoms with van der Waals surface area (Å²) < 4.78 is 8.00. The first-order chi connectivity index (χ1) is 15.8. The molecule has 3 rings (SSSR count). The van der Waals surface area contributed by atoms with Gasteiger partial charge < -0.3 is 14.4 Å². The lowest BCUT2D eigenvalue weighted by Crippen LogP contribution is -2.35. The van der Waals surface area contributed by atoms with Crippen molar-refractivity contribution in [2.24, 2.45) is 0 Å². The first kappa shape index (κ1) is 25.0. The van der Waals surface area contributed by atoms with Gasteiger partial charge in [-0.3, -0.25) is 4.90 Å². The summed E-state index contributed by atoms with van der Waals surface area (Å²) in [6.45, 7) is 14.2. The van der Waals surface area contributed by atoms with Crippen LogP contribution in [0.5, 0.6) is 0 Å². The second kappa shape index (κ2) is 12.0. The highest BCUT2D eigenvalue weighted by Gasteiger charge is 2.15. The van der Waals surface area contributed by atoms with Crippen molar-refractivity contribution in [3.05, 3.63) is 108 Å². The molecule has 0 unspecified atom stereocenters. The second-order valence-corrected chi connectivity index (χ2v) is 9.71. The summed E-state index contributed by atoms with van der Waals surface area (Å²) >= 11 is 0. The SMILES string of the molecule is C=CCN(Cc1cccn1Cc1ccc(C(C)(C)C)cc1)C[C@@H](O)COCc1ccccc1. The third kappa shape index (κ3) is 8.01. The molecule has 0 fully saturated rings. The van der Waals surface area contributed by atoms with E-state index in [0.29, 0.717) is 26.3 Å². The normalized spacial score (nSPS) is 12.8. The largest absolute Gasteiger partial charge is 0.389 e. The Bertz CT molecular complexity index is 971. The van der Waals surface area contributed by atoms with E-state index in [1.54, 1.807) is 0 Å². The van der Waals surface area contributed by atoms with E-state index in [9.17, 15) is 5.11 Å². The van der Waals surface area contributed by atoms with Gasteiger partial charge in [-0.2, -0.15) is 0 Å². The fraction of sp³-hybridized carbons (Fsp3) is 0.379. The van der Waals surface area contributed by atoms with Crippen LogP contribution in [0.25, 0.3) is 0 Å². The molecule has 0 spiro atoms. The highest BCUT2D eigenvalue weighted by Crippen LogP contribution is 2.22. The van der Waals surface area contributed by atoms with Crippen LogP contribution < -0.4 is 0 Å². The molecule has 1 aromatic heterocycles. The molecular formula is C29H38N2O2. The standard InChI is InChI=1S/C29H38N2O2/c1-5-17-30(21-28(32)23-33-22-25-10-7-6-8-11-25)20-27-12-9-18-31(27)19-24-13-15-26(16-14-24)29(2,3)4/h5-16,18,28,32H,1,17,19-23H2,2-4H3/t28-/m1/s1. The first-order valence-electron chi connectivity index (χ1n) is 11.7. The number of benzene rings is 2. The topological polar surface area (TPSA) is 37.6 Å². The average molecular weight is 447 g/mol. The van der Waals surface area contributed by atoms with E-state index >= 15 is 0 Å². The van der Waals surface area contributed by atoms with Gasteiger partial charge in [-0.15, -0.1) is 6.58 Å². The van der Waals surface area contributed by atoms with Crippen molar-refractivity contribution >= 4 is 0 Å².